The van der Waals surface area contributed by atoms with E-state index in [0.717, 1.165) is 22.1 Å². The molecule has 3 aromatic carbocycles. The van der Waals surface area contributed by atoms with Crippen LogP contribution in [0, 0.1) is 13.8 Å². The number of benzene rings is 3. The number of nitrogens with one attached hydrogen (secondary N) is 1. The smallest absolute Gasteiger partial charge is 0.335 e. The van der Waals surface area contributed by atoms with E-state index in [4.69, 9.17) is 32.8 Å². The second kappa shape index (κ2) is 13.5. The number of phenols is 1. The monoisotopic (exact) mass is 787 g/mol. The van der Waals surface area contributed by atoms with Crippen LogP contribution >= 0.6 is 11.8 Å². The molecule has 0 saturated carbocycles. The molecule has 1 saturated heterocycles. The van der Waals surface area contributed by atoms with Crippen LogP contribution in [0.1, 0.15) is 69.0 Å². The Hall–Kier alpha value is -4.67. The first-order chi connectivity index (χ1) is 26.9. The summed E-state index contributed by atoms with van der Waals surface area (Å²) in [6.07, 6.45) is -0.331. The quantitative estimate of drug-likeness (QED) is 0.193. The predicted octanol–water partition coefficient (Wildman–Crippen LogP) is 4.70. The highest BCUT2D eigenvalue weighted by atomic mass is 32.2. The number of methoxy groups -OCH3 is 2. The summed E-state index contributed by atoms with van der Waals surface area (Å²) in [4.78, 5) is 31.8. The lowest BCUT2D eigenvalue weighted by molar-refractivity contribution is -0.159. The average Bonchev–Trinajstić information content (AvgIpc) is 3.78. The van der Waals surface area contributed by atoms with Gasteiger partial charge in [-0.15, -0.1) is 11.8 Å². The van der Waals surface area contributed by atoms with E-state index in [0.29, 0.717) is 75.3 Å². The van der Waals surface area contributed by atoms with Crippen LogP contribution in [0.2, 0.25) is 0 Å². The standard InChI is InChI=1S/C41H45N3O11S/c1-18-12-21-13-27(46)44-25-15-51-40(48)41(39-23(10-11-42-41)24-14-22(49-6)8-9-26(24)55-39)16-56-38(32(44)31(43(4)5)28(21)33(47)34(18)50-7)30-29(25)37-36(52-17-53-37)19(2)35(30)54-20(3)45/h8-9,12,14,25,27,31-32,38,42,46-47H,10-11,13,15-17H2,1-7H3/t25-,27-,31-,32+,38+,41+/m0/s1. The third-order valence-corrected chi connectivity index (χ3v) is 13.5. The summed E-state index contributed by atoms with van der Waals surface area (Å²) in [5.74, 6) is 1.81. The maximum absolute atomic E-state index is 14.8. The summed E-state index contributed by atoms with van der Waals surface area (Å²) >= 11 is 1.47. The van der Waals surface area contributed by atoms with E-state index in [-0.39, 0.29) is 31.3 Å². The van der Waals surface area contributed by atoms with E-state index in [9.17, 15) is 19.8 Å². The fraction of sp³-hybridized carbons (Fsp3) is 0.463. The Labute approximate surface area is 327 Å². The first-order valence-corrected chi connectivity index (χ1v) is 19.7. The third kappa shape index (κ3) is 5.24. The van der Waals surface area contributed by atoms with Crippen molar-refractivity contribution in [2.45, 2.75) is 68.8 Å². The number of aryl methyl sites for hydroxylation is 1. The maximum Gasteiger partial charge on any atom is 0.335 e. The number of carbonyl (C=O) groups excluding carboxylic acids is 2. The number of hydrogen-bond acceptors (Lipinski definition) is 15. The van der Waals surface area contributed by atoms with Gasteiger partial charge in [0.05, 0.1) is 31.6 Å². The summed E-state index contributed by atoms with van der Waals surface area (Å²) in [5.41, 5.74) is 4.12. The van der Waals surface area contributed by atoms with Crippen LogP contribution in [-0.4, -0.2) is 98.2 Å². The van der Waals surface area contributed by atoms with Crippen molar-refractivity contribution < 1.29 is 52.6 Å². The number of ether oxygens (including phenoxy) is 6. The lowest BCUT2D eigenvalue weighted by Crippen LogP contribution is -2.60. The Morgan fingerprint density at radius 3 is 2.57 bits per heavy atom. The number of nitrogens with zero attached hydrogens (tertiary/aromatic N) is 2. The first-order valence-electron chi connectivity index (χ1n) is 18.7. The molecule has 0 radical (unpaired) electrons. The van der Waals surface area contributed by atoms with E-state index in [1.807, 2.05) is 62.0 Å². The van der Waals surface area contributed by atoms with Gasteiger partial charge >= 0.3 is 11.9 Å². The minimum Gasteiger partial charge on any atom is -0.504 e. The van der Waals surface area contributed by atoms with Gasteiger partial charge in [-0.3, -0.25) is 15.0 Å². The molecule has 4 aromatic rings. The summed E-state index contributed by atoms with van der Waals surface area (Å²) in [6, 6.07) is 5.59. The van der Waals surface area contributed by atoms with Crippen molar-refractivity contribution in [2.24, 2.45) is 0 Å². The van der Waals surface area contributed by atoms with Gasteiger partial charge in [0.15, 0.2) is 28.5 Å². The number of fused-ring (bicyclic) bond motifs is 8. The highest BCUT2D eigenvalue weighted by molar-refractivity contribution is 7.99. The van der Waals surface area contributed by atoms with Gasteiger partial charge in [-0.1, -0.05) is 6.07 Å². The zero-order valence-electron chi connectivity index (χ0n) is 32.3. The molecule has 6 aliphatic heterocycles. The van der Waals surface area contributed by atoms with Gasteiger partial charge in [0.25, 0.3) is 0 Å². The molecule has 15 heteroatoms. The molecule has 296 valence electrons. The summed E-state index contributed by atoms with van der Waals surface area (Å²) in [6.45, 7) is 5.27. The van der Waals surface area contributed by atoms with E-state index in [1.165, 1.54) is 25.8 Å². The number of aromatic hydroxyl groups is 1. The largest absolute Gasteiger partial charge is 0.504 e. The molecule has 2 bridgehead atoms. The number of aliphatic hydroxyl groups excluding tert-OH is 1. The van der Waals surface area contributed by atoms with Gasteiger partial charge in [0.1, 0.15) is 35.7 Å². The number of thioether (sulfide) groups is 1. The SMILES string of the molecule is COc1ccc2oc3c(c2c1)CCN[C@]31CS[C@@H]2c3c(OC(C)=O)c(C)c4c(c3[C@H](COC1=O)N1[C@@H]2[C@@H](N(C)C)c2c(cc(C)c(OC)c2O)C[C@@H]1O)OCO4. The number of hydrogen-bond donors (Lipinski definition) is 3. The topological polar surface area (TPSA) is 162 Å². The van der Waals surface area contributed by atoms with Crippen molar-refractivity contribution in [1.82, 2.24) is 15.1 Å². The zero-order chi connectivity index (χ0) is 39.4. The van der Waals surface area contributed by atoms with Crippen molar-refractivity contribution in [1.29, 1.82) is 0 Å². The average molecular weight is 788 g/mol. The van der Waals surface area contributed by atoms with Crippen molar-refractivity contribution in [3.8, 4) is 34.5 Å². The lowest BCUT2D eigenvalue weighted by Gasteiger charge is -2.53. The number of esters is 2. The molecular weight excluding hydrogens is 743 g/mol. The number of likely N-dealkylation sites (N-methyl/N-ethyl adjacent to an activating group) is 1. The molecule has 7 heterocycles. The molecule has 0 amide bonds. The van der Waals surface area contributed by atoms with E-state index < -0.39 is 47.1 Å². The first kappa shape index (κ1) is 36.9. The lowest BCUT2D eigenvalue weighted by atomic mass is 9.80. The summed E-state index contributed by atoms with van der Waals surface area (Å²) < 4.78 is 42.7. The van der Waals surface area contributed by atoms with Gasteiger partial charge in [-0.25, -0.2) is 4.79 Å². The molecule has 1 aromatic heterocycles. The Morgan fingerprint density at radius 2 is 1.84 bits per heavy atom. The normalized spacial score (nSPS) is 26.6. The van der Waals surface area contributed by atoms with Crippen molar-refractivity contribution >= 4 is 34.7 Å². The second-order valence-corrected chi connectivity index (χ2v) is 16.4. The van der Waals surface area contributed by atoms with Crippen LogP contribution in [0.25, 0.3) is 11.0 Å². The number of phenolic OH excluding ortho intramolecular Hbond substituents is 1. The third-order valence-electron chi connectivity index (χ3n) is 12.0. The van der Waals surface area contributed by atoms with Crippen LogP contribution in [0.4, 0.5) is 0 Å². The number of rotatable bonds is 4. The second-order valence-electron chi connectivity index (χ2n) is 15.3. The predicted molar refractivity (Wildman–Crippen MR) is 205 cm³/mol. The van der Waals surface area contributed by atoms with Crippen LogP contribution in [0.5, 0.6) is 34.5 Å². The molecule has 1 fully saturated rings. The Bertz CT molecular complexity index is 2310. The Morgan fingerprint density at radius 1 is 1.05 bits per heavy atom. The van der Waals surface area contributed by atoms with Crippen LogP contribution < -0.4 is 29.0 Å². The summed E-state index contributed by atoms with van der Waals surface area (Å²) in [5, 5.41) is 28.3. The minimum atomic E-state index is -1.41. The van der Waals surface area contributed by atoms with Gasteiger partial charge in [0.2, 0.25) is 6.79 Å². The zero-order valence-corrected chi connectivity index (χ0v) is 33.1. The van der Waals surface area contributed by atoms with Crippen LogP contribution in [-0.2, 0) is 32.7 Å². The number of aliphatic hydroxyl groups is 1. The van der Waals surface area contributed by atoms with E-state index in [2.05, 4.69) is 5.32 Å². The Kier molecular flexibility index (Phi) is 8.89. The molecule has 6 aliphatic rings. The molecule has 10 rings (SSSR count). The minimum absolute atomic E-state index is 0.00490. The van der Waals surface area contributed by atoms with Gasteiger partial charge in [-0.2, -0.15) is 0 Å². The molecular formula is C41H45N3O11S. The van der Waals surface area contributed by atoms with Crippen molar-refractivity contribution in [3.63, 3.8) is 0 Å². The highest BCUT2D eigenvalue weighted by Crippen LogP contribution is 2.63. The molecule has 6 atom stereocenters. The van der Waals surface area contributed by atoms with Crippen LogP contribution in [0.3, 0.4) is 0 Å². The number of carbonyl (C=O) groups is 2. The molecule has 0 aliphatic carbocycles. The molecule has 0 unspecified atom stereocenters. The molecule has 14 nitrogen and oxygen atoms in total. The fourth-order valence-electron chi connectivity index (χ4n) is 9.79. The van der Waals surface area contributed by atoms with E-state index in [1.54, 1.807) is 7.11 Å². The molecule has 3 N–H and O–H groups in total. The maximum atomic E-state index is 14.8. The Balaban J connectivity index is 1.32. The van der Waals surface area contributed by atoms with Gasteiger partial charge in [0, 0.05) is 64.9 Å². The molecule has 1 spiro atoms. The van der Waals surface area contributed by atoms with E-state index >= 15 is 0 Å². The van der Waals surface area contributed by atoms with Crippen molar-refractivity contribution in [2.75, 3.05) is 54.0 Å². The van der Waals surface area contributed by atoms with Crippen molar-refractivity contribution in [3.05, 3.63) is 69.0 Å². The van der Waals surface area contributed by atoms with Crippen LogP contribution in [0.15, 0.2) is 28.7 Å². The summed E-state index contributed by atoms with van der Waals surface area (Å²) in [7, 11) is 7.01. The number of furan rings is 1. The van der Waals surface area contributed by atoms with Gasteiger partial charge < -0.3 is 48.0 Å². The highest BCUT2D eigenvalue weighted by Gasteiger charge is 2.58. The fourth-order valence-corrected chi connectivity index (χ4v) is 11.5. The molecule has 56 heavy (non-hydrogen) atoms. The van der Waals surface area contributed by atoms with Gasteiger partial charge in [-0.05, 0) is 63.7 Å².